The number of hydrogen-bond acceptors (Lipinski definition) is 3. The average molecular weight is 257 g/mol. The second-order valence-electron chi connectivity index (χ2n) is 4.32. The van der Waals surface area contributed by atoms with E-state index in [4.69, 9.17) is 10.2 Å². The van der Waals surface area contributed by atoms with E-state index in [9.17, 15) is 4.39 Å². The van der Waals surface area contributed by atoms with Crippen LogP contribution in [0.25, 0.3) is 22.4 Å². The summed E-state index contributed by atoms with van der Waals surface area (Å²) in [6.45, 7) is 1.85. The van der Waals surface area contributed by atoms with E-state index in [2.05, 4.69) is 10.2 Å². The number of nitrogens with two attached hydrogens (primary N) is 1. The van der Waals surface area contributed by atoms with Gasteiger partial charge in [-0.05, 0) is 30.7 Å². The van der Waals surface area contributed by atoms with Gasteiger partial charge in [0.25, 0.3) is 0 Å². The normalized spacial score (nSPS) is 10.8. The van der Waals surface area contributed by atoms with Crippen molar-refractivity contribution in [1.82, 2.24) is 10.2 Å². The smallest absolute Gasteiger partial charge is 0.153 e. The molecule has 0 spiro atoms. The van der Waals surface area contributed by atoms with Crippen molar-refractivity contribution in [2.75, 3.05) is 5.73 Å². The molecule has 19 heavy (non-hydrogen) atoms. The van der Waals surface area contributed by atoms with Gasteiger partial charge in [0.05, 0.1) is 11.3 Å². The van der Waals surface area contributed by atoms with E-state index in [0.717, 1.165) is 17.0 Å². The molecule has 0 fully saturated rings. The number of nitrogens with one attached hydrogen (secondary N) is 1. The molecule has 0 saturated heterocycles. The molecule has 0 atom stereocenters. The van der Waals surface area contributed by atoms with Gasteiger partial charge in [-0.2, -0.15) is 5.10 Å². The summed E-state index contributed by atoms with van der Waals surface area (Å²) >= 11 is 0. The first-order valence-corrected chi connectivity index (χ1v) is 5.80. The molecule has 0 aliphatic rings. The second-order valence-corrected chi connectivity index (χ2v) is 4.32. The molecule has 0 aliphatic heterocycles. The molecule has 0 radical (unpaired) electrons. The lowest BCUT2D eigenvalue weighted by Gasteiger charge is -2.02. The summed E-state index contributed by atoms with van der Waals surface area (Å²) in [6.07, 6.45) is 1.62. The number of aromatic nitrogens is 2. The number of furan rings is 1. The highest BCUT2D eigenvalue weighted by atomic mass is 19.1. The zero-order valence-corrected chi connectivity index (χ0v) is 10.3. The Morgan fingerprint density at radius 2 is 2.11 bits per heavy atom. The maximum atomic E-state index is 13.3. The maximum absolute atomic E-state index is 13.3. The zero-order chi connectivity index (χ0) is 13.4. The van der Waals surface area contributed by atoms with Gasteiger partial charge in [0, 0.05) is 5.56 Å². The largest absolute Gasteiger partial charge is 0.469 e. The quantitative estimate of drug-likeness (QED) is 0.739. The Kier molecular flexibility index (Phi) is 2.59. The van der Waals surface area contributed by atoms with E-state index in [1.165, 1.54) is 12.1 Å². The third-order valence-electron chi connectivity index (χ3n) is 2.93. The van der Waals surface area contributed by atoms with Gasteiger partial charge in [-0.15, -0.1) is 0 Å². The van der Waals surface area contributed by atoms with Crippen molar-refractivity contribution >= 4 is 5.82 Å². The summed E-state index contributed by atoms with van der Waals surface area (Å²) in [5, 5.41) is 6.86. The minimum Gasteiger partial charge on any atom is -0.469 e. The van der Waals surface area contributed by atoms with E-state index >= 15 is 0 Å². The number of benzene rings is 1. The summed E-state index contributed by atoms with van der Waals surface area (Å²) in [7, 11) is 0. The Labute approximate surface area is 109 Å². The van der Waals surface area contributed by atoms with Gasteiger partial charge < -0.3 is 10.2 Å². The molecule has 2 heterocycles. The van der Waals surface area contributed by atoms with Gasteiger partial charge in [0.1, 0.15) is 17.8 Å². The van der Waals surface area contributed by atoms with Crippen LogP contribution in [0.1, 0.15) is 5.76 Å². The fourth-order valence-electron chi connectivity index (χ4n) is 2.08. The van der Waals surface area contributed by atoms with E-state index in [-0.39, 0.29) is 5.82 Å². The van der Waals surface area contributed by atoms with E-state index < -0.39 is 0 Å². The molecule has 0 amide bonds. The zero-order valence-electron chi connectivity index (χ0n) is 10.3. The summed E-state index contributed by atoms with van der Waals surface area (Å²) in [6, 6.07) is 8.12. The molecule has 4 nitrogen and oxygen atoms in total. The Hall–Kier alpha value is -2.56. The van der Waals surface area contributed by atoms with Crippen LogP contribution in [0.15, 0.2) is 41.0 Å². The molecule has 0 bridgehead atoms. The summed E-state index contributed by atoms with van der Waals surface area (Å²) < 4.78 is 18.6. The van der Waals surface area contributed by atoms with Crippen LogP contribution in [0.2, 0.25) is 0 Å². The lowest BCUT2D eigenvalue weighted by Crippen LogP contribution is -1.89. The number of nitrogen functional groups attached to an aromatic ring is 1. The van der Waals surface area contributed by atoms with Crippen molar-refractivity contribution in [3.63, 3.8) is 0 Å². The Balaban J connectivity index is 2.19. The third kappa shape index (κ3) is 1.99. The Morgan fingerprint density at radius 3 is 2.79 bits per heavy atom. The minimum atomic E-state index is -0.313. The highest BCUT2D eigenvalue weighted by Crippen LogP contribution is 2.35. The highest BCUT2D eigenvalue weighted by Gasteiger charge is 2.16. The van der Waals surface area contributed by atoms with Gasteiger partial charge in [-0.25, -0.2) is 4.39 Å². The number of halogens is 1. The minimum absolute atomic E-state index is 0.313. The number of H-pyrrole nitrogens is 1. The summed E-state index contributed by atoms with van der Waals surface area (Å²) in [5.41, 5.74) is 8.79. The number of anilines is 1. The first-order valence-electron chi connectivity index (χ1n) is 5.80. The van der Waals surface area contributed by atoms with E-state index in [0.29, 0.717) is 16.9 Å². The predicted molar refractivity (Wildman–Crippen MR) is 70.8 cm³/mol. The van der Waals surface area contributed by atoms with Crippen molar-refractivity contribution in [3.05, 3.63) is 48.2 Å². The standard InChI is InChI=1S/C14H12FN3O/c1-8-5-10(7-19-8)13-12(14(16)18-17-13)9-3-2-4-11(15)6-9/h2-7H,1H3,(H3,16,17,18). The van der Waals surface area contributed by atoms with Gasteiger partial charge in [0.15, 0.2) is 5.82 Å². The van der Waals surface area contributed by atoms with Crippen molar-refractivity contribution in [2.45, 2.75) is 6.92 Å². The molecule has 2 aromatic heterocycles. The van der Waals surface area contributed by atoms with Crippen LogP contribution in [0, 0.1) is 12.7 Å². The monoisotopic (exact) mass is 257 g/mol. The van der Waals surface area contributed by atoms with Gasteiger partial charge in [0.2, 0.25) is 0 Å². The number of nitrogens with zero attached hydrogens (tertiary/aromatic N) is 1. The Bertz CT molecular complexity index is 730. The molecule has 3 N–H and O–H groups in total. The summed E-state index contributed by atoms with van der Waals surface area (Å²) in [4.78, 5) is 0. The molecule has 0 saturated carbocycles. The molecule has 1 aromatic carbocycles. The van der Waals surface area contributed by atoms with Crippen LogP contribution in [0.4, 0.5) is 10.2 Å². The SMILES string of the molecule is Cc1cc(-c2[nH]nc(N)c2-c2cccc(F)c2)co1. The lowest BCUT2D eigenvalue weighted by molar-refractivity contribution is 0.535. The lowest BCUT2D eigenvalue weighted by atomic mass is 10.0. The molecule has 5 heteroatoms. The second kappa shape index (κ2) is 4.28. The number of rotatable bonds is 2. The summed E-state index contributed by atoms with van der Waals surface area (Å²) in [5.74, 6) is 0.806. The molecule has 3 rings (SSSR count). The fraction of sp³-hybridized carbons (Fsp3) is 0.0714. The van der Waals surface area contributed by atoms with Gasteiger partial charge in [-0.1, -0.05) is 12.1 Å². The van der Waals surface area contributed by atoms with Crippen LogP contribution < -0.4 is 5.73 Å². The topological polar surface area (TPSA) is 67.8 Å². The molecule has 0 unspecified atom stereocenters. The van der Waals surface area contributed by atoms with E-state index in [1.54, 1.807) is 18.4 Å². The van der Waals surface area contributed by atoms with Crippen molar-refractivity contribution in [2.24, 2.45) is 0 Å². The number of hydrogen-bond donors (Lipinski definition) is 2. The van der Waals surface area contributed by atoms with Crippen molar-refractivity contribution in [1.29, 1.82) is 0 Å². The van der Waals surface area contributed by atoms with Crippen LogP contribution in [-0.4, -0.2) is 10.2 Å². The number of aromatic amines is 1. The predicted octanol–water partition coefficient (Wildman–Crippen LogP) is 3.37. The number of aryl methyl sites for hydroxylation is 1. The van der Waals surface area contributed by atoms with Crippen molar-refractivity contribution in [3.8, 4) is 22.4 Å². The van der Waals surface area contributed by atoms with Crippen LogP contribution in [0.5, 0.6) is 0 Å². The first kappa shape index (κ1) is 11.5. The third-order valence-corrected chi connectivity index (χ3v) is 2.93. The maximum Gasteiger partial charge on any atom is 0.153 e. The van der Waals surface area contributed by atoms with E-state index in [1.807, 2.05) is 13.0 Å². The first-order chi connectivity index (χ1) is 9.15. The Morgan fingerprint density at radius 1 is 1.26 bits per heavy atom. The van der Waals surface area contributed by atoms with Crippen molar-refractivity contribution < 1.29 is 8.81 Å². The molecule has 0 aliphatic carbocycles. The average Bonchev–Trinajstić information content (AvgIpc) is 2.95. The highest BCUT2D eigenvalue weighted by molar-refractivity contribution is 5.87. The molecular formula is C14H12FN3O. The molecule has 96 valence electrons. The van der Waals surface area contributed by atoms with Crippen LogP contribution >= 0.6 is 0 Å². The van der Waals surface area contributed by atoms with Crippen LogP contribution in [0.3, 0.4) is 0 Å². The molecule has 3 aromatic rings. The van der Waals surface area contributed by atoms with Crippen LogP contribution in [-0.2, 0) is 0 Å². The van der Waals surface area contributed by atoms with Gasteiger partial charge >= 0.3 is 0 Å². The van der Waals surface area contributed by atoms with Gasteiger partial charge in [-0.3, -0.25) is 5.10 Å². The molecular weight excluding hydrogens is 245 g/mol. The fourth-order valence-corrected chi connectivity index (χ4v) is 2.08.